The van der Waals surface area contributed by atoms with Gasteiger partial charge in [-0.15, -0.1) is 0 Å². The third-order valence-corrected chi connectivity index (χ3v) is 3.24. The van der Waals surface area contributed by atoms with Crippen LogP contribution in [-0.4, -0.2) is 37.6 Å². The maximum atomic E-state index is 3.55. The number of hydrogen-bond acceptors (Lipinski definition) is 2. The molecule has 1 aliphatic heterocycles. The molecule has 2 heteroatoms. The highest BCUT2D eigenvalue weighted by Crippen LogP contribution is 2.13. The molecule has 1 rings (SSSR count). The maximum Gasteiger partial charge on any atom is 0.00218 e. The number of hydrogen-bond donors (Lipinski definition) is 1. The van der Waals surface area contributed by atoms with Crippen molar-refractivity contribution in [3.05, 3.63) is 0 Å². The Hall–Kier alpha value is -0.0800. The minimum Gasteiger partial charge on any atom is -0.316 e. The predicted octanol–water partition coefficient (Wildman–Crippen LogP) is 2.35. The number of nitrogens with zero attached hydrogens (tertiary/aromatic N) is 1. The van der Waals surface area contributed by atoms with Crippen LogP contribution in [0.5, 0.6) is 0 Å². The molecule has 0 bridgehead atoms. The lowest BCUT2D eigenvalue weighted by molar-refractivity contribution is 0.212. The van der Waals surface area contributed by atoms with Gasteiger partial charge in [-0.05, 0) is 44.3 Å². The monoisotopic (exact) mass is 212 g/mol. The van der Waals surface area contributed by atoms with Gasteiger partial charge in [0.25, 0.3) is 0 Å². The molecule has 1 fully saturated rings. The lowest BCUT2D eigenvalue weighted by Gasteiger charge is -2.27. The zero-order chi connectivity index (χ0) is 11.1. The van der Waals surface area contributed by atoms with Crippen molar-refractivity contribution in [2.24, 2.45) is 11.8 Å². The molecule has 0 aliphatic carbocycles. The summed E-state index contributed by atoms with van der Waals surface area (Å²) in [6.45, 7) is 13.1. The summed E-state index contributed by atoms with van der Waals surface area (Å²) in [6, 6.07) is 0. The predicted molar refractivity (Wildman–Crippen MR) is 67.2 cm³/mol. The van der Waals surface area contributed by atoms with Crippen molar-refractivity contribution in [3.8, 4) is 0 Å². The molecular formula is C13H28N2. The first-order chi connectivity index (χ1) is 7.22. The summed E-state index contributed by atoms with van der Waals surface area (Å²) in [7, 11) is 0. The third-order valence-electron chi connectivity index (χ3n) is 3.24. The highest BCUT2D eigenvalue weighted by Gasteiger charge is 2.15. The van der Waals surface area contributed by atoms with E-state index in [4.69, 9.17) is 0 Å². The van der Waals surface area contributed by atoms with Crippen molar-refractivity contribution < 1.29 is 0 Å². The molecule has 0 aromatic heterocycles. The molecule has 0 aromatic carbocycles. The quantitative estimate of drug-likeness (QED) is 0.752. The van der Waals surface area contributed by atoms with Crippen molar-refractivity contribution in [3.63, 3.8) is 0 Å². The summed E-state index contributed by atoms with van der Waals surface area (Å²) in [5.74, 6) is 1.68. The Balaban J connectivity index is 2.28. The lowest BCUT2D eigenvalue weighted by atomic mass is 10.0. The highest BCUT2D eigenvalue weighted by atomic mass is 15.1. The van der Waals surface area contributed by atoms with Gasteiger partial charge in [0, 0.05) is 13.1 Å². The van der Waals surface area contributed by atoms with E-state index in [1.807, 2.05) is 0 Å². The summed E-state index contributed by atoms with van der Waals surface area (Å²) in [5, 5.41) is 3.55. The summed E-state index contributed by atoms with van der Waals surface area (Å²) < 4.78 is 0. The van der Waals surface area contributed by atoms with Crippen LogP contribution in [0.2, 0.25) is 0 Å². The molecule has 2 nitrogen and oxygen atoms in total. The molecule has 1 atom stereocenters. The Morgan fingerprint density at radius 2 is 2.13 bits per heavy atom. The van der Waals surface area contributed by atoms with Gasteiger partial charge in [0.1, 0.15) is 0 Å². The molecule has 1 unspecified atom stereocenters. The topological polar surface area (TPSA) is 15.3 Å². The van der Waals surface area contributed by atoms with Gasteiger partial charge in [-0.2, -0.15) is 0 Å². The summed E-state index contributed by atoms with van der Waals surface area (Å²) in [6.07, 6.45) is 4.20. The Bertz CT molecular complexity index is 149. The van der Waals surface area contributed by atoms with Crippen LogP contribution in [0.3, 0.4) is 0 Å². The van der Waals surface area contributed by atoms with E-state index in [1.165, 1.54) is 52.0 Å². The first kappa shape index (κ1) is 13.0. The van der Waals surface area contributed by atoms with E-state index in [9.17, 15) is 0 Å². The molecule has 1 aliphatic rings. The summed E-state index contributed by atoms with van der Waals surface area (Å²) in [5.41, 5.74) is 0. The third kappa shape index (κ3) is 5.53. The lowest BCUT2D eigenvalue weighted by Crippen LogP contribution is -2.35. The Morgan fingerprint density at radius 3 is 2.80 bits per heavy atom. The number of nitrogens with one attached hydrogen (secondary N) is 1. The van der Waals surface area contributed by atoms with E-state index in [0.717, 1.165) is 11.8 Å². The average molecular weight is 212 g/mol. The van der Waals surface area contributed by atoms with Gasteiger partial charge in [-0.25, -0.2) is 0 Å². The van der Waals surface area contributed by atoms with Crippen LogP contribution in [0.1, 0.15) is 40.0 Å². The smallest absolute Gasteiger partial charge is 0.00218 e. The second kappa shape index (κ2) is 7.24. The fraction of sp³-hybridized carbons (Fsp3) is 1.00. The van der Waals surface area contributed by atoms with Crippen molar-refractivity contribution in [2.45, 2.75) is 40.0 Å². The molecule has 1 N–H and O–H groups in total. The fourth-order valence-electron chi connectivity index (χ4n) is 2.46. The molecule has 0 spiro atoms. The van der Waals surface area contributed by atoms with Crippen LogP contribution in [0.25, 0.3) is 0 Å². The SMILES string of the molecule is CCN(CC(C)C)CC1CCCCNC1. The normalized spacial score (nSPS) is 23.4. The molecule has 0 amide bonds. The van der Waals surface area contributed by atoms with Crippen LogP contribution < -0.4 is 5.32 Å². The molecule has 0 radical (unpaired) electrons. The second-order valence-corrected chi connectivity index (χ2v) is 5.31. The zero-order valence-corrected chi connectivity index (χ0v) is 10.8. The van der Waals surface area contributed by atoms with E-state index in [0.29, 0.717) is 0 Å². The first-order valence-corrected chi connectivity index (χ1v) is 6.65. The van der Waals surface area contributed by atoms with E-state index in [1.54, 1.807) is 0 Å². The Kier molecular flexibility index (Phi) is 6.26. The fourth-order valence-corrected chi connectivity index (χ4v) is 2.46. The summed E-state index contributed by atoms with van der Waals surface area (Å²) >= 11 is 0. The van der Waals surface area contributed by atoms with Crippen LogP contribution in [0.15, 0.2) is 0 Å². The van der Waals surface area contributed by atoms with Crippen molar-refractivity contribution >= 4 is 0 Å². The maximum absolute atomic E-state index is 3.55. The minimum absolute atomic E-state index is 0.795. The zero-order valence-electron chi connectivity index (χ0n) is 10.8. The molecule has 1 heterocycles. The van der Waals surface area contributed by atoms with Gasteiger partial charge in [-0.3, -0.25) is 0 Å². The van der Waals surface area contributed by atoms with Crippen LogP contribution >= 0.6 is 0 Å². The second-order valence-electron chi connectivity index (χ2n) is 5.31. The van der Waals surface area contributed by atoms with Crippen molar-refractivity contribution in [1.29, 1.82) is 0 Å². The van der Waals surface area contributed by atoms with Crippen LogP contribution in [-0.2, 0) is 0 Å². The van der Waals surface area contributed by atoms with E-state index < -0.39 is 0 Å². The standard InChI is InChI=1S/C13H28N2/c1-4-15(10-12(2)3)11-13-7-5-6-8-14-9-13/h12-14H,4-11H2,1-3H3. The van der Waals surface area contributed by atoms with Gasteiger partial charge in [0.2, 0.25) is 0 Å². The largest absolute Gasteiger partial charge is 0.316 e. The van der Waals surface area contributed by atoms with Gasteiger partial charge in [0.15, 0.2) is 0 Å². The Morgan fingerprint density at radius 1 is 1.33 bits per heavy atom. The molecule has 90 valence electrons. The van der Waals surface area contributed by atoms with Gasteiger partial charge in [0.05, 0.1) is 0 Å². The van der Waals surface area contributed by atoms with Gasteiger partial charge >= 0.3 is 0 Å². The molecule has 1 saturated heterocycles. The van der Waals surface area contributed by atoms with Crippen molar-refractivity contribution in [2.75, 3.05) is 32.7 Å². The first-order valence-electron chi connectivity index (χ1n) is 6.65. The van der Waals surface area contributed by atoms with Crippen molar-refractivity contribution in [1.82, 2.24) is 10.2 Å². The van der Waals surface area contributed by atoms with E-state index in [-0.39, 0.29) is 0 Å². The van der Waals surface area contributed by atoms with Crippen LogP contribution in [0.4, 0.5) is 0 Å². The minimum atomic E-state index is 0.795. The molecule has 0 saturated carbocycles. The van der Waals surface area contributed by atoms with E-state index in [2.05, 4.69) is 31.0 Å². The summed E-state index contributed by atoms with van der Waals surface area (Å²) in [4.78, 5) is 2.61. The average Bonchev–Trinajstić information content (AvgIpc) is 2.44. The molecule has 15 heavy (non-hydrogen) atoms. The van der Waals surface area contributed by atoms with Gasteiger partial charge < -0.3 is 10.2 Å². The highest BCUT2D eigenvalue weighted by molar-refractivity contribution is 4.71. The molecule has 0 aromatic rings. The van der Waals surface area contributed by atoms with Crippen LogP contribution in [0, 0.1) is 11.8 Å². The van der Waals surface area contributed by atoms with Gasteiger partial charge in [-0.1, -0.05) is 27.2 Å². The molecular weight excluding hydrogens is 184 g/mol. The Labute approximate surface area is 95.4 Å². The van der Waals surface area contributed by atoms with E-state index >= 15 is 0 Å². The number of rotatable bonds is 5.